The molecule has 0 N–H and O–H groups in total. The van der Waals surface area contributed by atoms with E-state index in [0.29, 0.717) is 12.7 Å². The zero-order chi connectivity index (χ0) is 11.1. The van der Waals surface area contributed by atoms with Crippen LogP contribution < -0.4 is 0 Å². The molecule has 4 nitrogen and oxygen atoms in total. The van der Waals surface area contributed by atoms with Crippen LogP contribution in [0.5, 0.6) is 0 Å². The van der Waals surface area contributed by atoms with E-state index in [9.17, 15) is 4.79 Å². The van der Waals surface area contributed by atoms with Crippen molar-refractivity contribution in [2.24, 2.45) is 0 Å². The molecule has 0 aliphatic carbocycles. The standard InChI is InChI=1S/C11H21NO3/c1-3-4-9-15-11(13)12-7-5-10(14-2)6-8-12/h10H,3-9H2,1-2H3. The minimum absolute atomic E-state index is 0.169. The highest BCUT2D eigenvalue weighted by Gasteiger charge is 2.23. The molecular weight excluding hydrogens is 194 g/mol. The lowest BCUT2D eigenvalue weighted by Gasteiger charge is -2.30. The summed E-state index contributed by atoms with van der Waals surface area (Å²) < 4.78 is 10.4. The van der Waals surface area contributed by atoms with E-state index in [0.717, 1.165) is 38.8 Å². The van der Waals surface area contributed by atoms with Gasteiger partial charge in [0.25, 0.3) is 0 Å². The molecule has 0 spiro atoms. The maximum absolute atomic E-state index is 11.5. The minimum Gasteiger partial charge on any atom is -0.449 e. The number of piperidine rings is 1. The van der Waals surface area contributed by atoms with Gasteiger partial charge in [0.2, 0.25) is 0 Å². The Morgan fingerprint density at radius 3 is 2.60 bits per heavy atom. The highest BCUT2D eigenvalue weighted by atomic mass is 16.6. The molecule has 1 rings (SSSR count). The number of methoxy groups -OCH3 is 1. The van der Waals surface area contributed by atoms with E-state index in [1.165, 1.54) is 0 Å². The Morgan fingerprint density at radius 2 is 2.07 bits per heavy atom. The lowest BCUT2D eigenvalue weighted by atomic mass is 10.1. The van der Waals surface area contributed by atoms with Crippen LogP contribution in [0.3, 0.4) is 0 Å². The van der Waals surface area contributed by atoms with Gasteiger partial charge in [0.15, 0.2) is 0 Å². The second kappa shape index (κ2) is 6.67. The number of unbranched alkanes of at least 4 members (excludes halogenated alkanes) is 1. The summed E-state index contributed by atoms with van der Waals surface area (Å²) >= 11 is 0. The molecule has 4 heteroatoms. The van der Waals surface area contributed by atoms with Gasteiger partial charge < -0.3 is 14.4 Å². The van der Waals surface area contributed by atoms with Crippen molar-refractivity contribution in [3.05, 3.63) is 0 Å². The molecule has 88 valence electrons. The Bertz CT molecular complexity index is 188. The van der Waals surface area contributed by atoms with Crippen LogP contribution in [-0.2, 0) is 9.47 Å². The van der Waals surface area contributed by atoms with E-state index in [1.807, 2.05) is 0 Å². The fourth-order valence-corrected chi connectivity index (χ4v) is 1.67. The third-order valence-electron chi connectivity index (χ3n) is 2.76. The number of amides is 1. The molecule has 1 aliphatic heterocycles. The van der Waals surface area contributed by atoms with Crippen LogP contribution in [0.15, 0.2) is 0 Å². The van der Waals surface area contributed by atoms with Gasteiger partial charge in [0.05, 0.1) is 12.7 Å². The summed E-state index contributed by atoms with van der Waals surface area (Å²) in [4.78, 5) is 13.3. The number of carbonyl (C=O) groups is 1. The van der Waals surface area contributed by atoms with Gasteiger partial charge in [-0.25, -0.2) is 4.79 Å². The zero-order valence-electron chi connectivity index (χ0n) is 9.70. The molecule has 1 amide bonds. The fraction of sp³-hybridized carbons (Fsp3) is 0.909. The van der Waals surface area contributed by atoms with Crippen molar-refractivity contribution in [1.29, 1.82) is 0 Å². The Labute approximate surface area is 91.5 Å². The average molecular weight is 215 g/mol. The van der Waals surface area contributed by atoms with Gasteiger partial charge in [-0.15, -0.1) is 0 Å². The van der Waals surface area contributed by atoms with Gasteiger partial charge in [0, 0.05) is 20.2 Å². The second-order valence-electron chi connectivity index (χ2n) is 3.89. The third-order valence-corrected chi connectivity index (χ3v) is 2.76. The number of hydrogen-bond donors (Lipinski definition) is 0. The van der Waals surface area contributed by atoms with Gasteiger partial charge in [0.1, 0.15) is 0 Å². The van der Waals surface area contributed by atoms with E-state index < -0.39 is 0 Å². The van der Waals surface area contributed by atoms with Gasteiger partial charge in [-0.05, 0) is 19.3 Å². The molecule has 1 saturated heterocycles. The van der Waals surface area contributed by atoms with Gasteiger partial charge in [-0.3, -0.25) is 0 Å². The first kappa shape index (κ1) is 12.3. The summed E-state index contributed by atoms with van der Waals surface area (Å²) in [5.41, 5.74) is 0. The van der Waals surface area contributed by atoms with Gasteiger partial charge in [-0.2, -0.15) is 0 Å². The summed E-state index contributed by atoms with van der Waals surface area (Å²) in [6, 6.07) is 0. The van der Waals surface area contributed by atoms with Gasteiger partial charge in [-0.1, -0.05) is 13.3 Å². The molecule has 0 saturated carbocycles. The number of hydrogen-bond acceptors (Lipinski definition) is 3. The van der Waals surface area contributed by atoms with E-state index in [2.05, 4.69) is 6.92 Å². The topological polar surface area (TPSA) is 38.8 Å². The fourth-order valence-electron chi connectivity index (χ4n) is 1.67. The highest BCUT2D eigenvalue weighted by molar-refractivity contribution is 5.67. The SMILES string of the molecule is CCCCOC(=O)N1CCC(OC)CC1. The molecule has 0 aromatic rings. The van der Waals surface area contributed by atoms with Crippen LogP contribution in [0, 0.1) is 0 Å². The molecule has 1 fully saturated rings. The molecule has 15 heavy (non-hydrogen) atoms. The molecule has 0 aromatic carbocycles. The Kier molecular flexibility index (Phi) is 5.47. The maximum atomic E-state index is 11.5. The molecule has 0 radical (unpaired) electrons. The molecular formula is C11H21NO3. The van der Waals surface area contributed by atoms with Crippen LogP contribution in [0.4, 0.5) is 4.79 Å². The van der Waals surface area contributed by atoms with E-state index in [4.69, 9.17) is 9.47 Å². The zero-order valence-corrected chi connectivity index (χ0v) is 9.70. The Morgan fingerprint density at radius 1 is 1.40 bits per heavy atom. The van der Waals surface area contributed by atoms with Gasteiger partial charge >= 0.3 is 6.09 Å². The molecule has 0 aromatic heterocycles. The molecule has 0 unspecified atom stereocenters. The molecule has 1 aliphatic rings. The van der Waals surface area contributed by atoms with Crippen molar-refractivity contribution >= 4 is 6.09 Å². The second-order valence-corrected chi connectivity index (χ2v) is 3.89. The van der Waals surface area contributed by atoms with E-state index >= 15 is 0 Å². The van der Waals surface area contributed by atoms with E-state index in [-0.39, 0.29) is 6.09 Å². The van der Waals surface area contributed by atoms with Crippen LogP contribution in [-0.4, -0.2) is 43.9 Å². The lowest BCUT2D eigenvalue weighted by Crippen LogP contribution is -2.41. The lowest BCUT2D eigenvalue weighted by molar-refractivity contribution is 0.0332. The quantitative estimate of drug-likeness (QED) is 0.673. The summed E-state index contributed by atoms with van der Waals surface area (Å²) in [5, 5.41) is 0. The van der Waals surface area contributed by atoms with Crippen LogP contribution >= 0.6 is 0 Å². The van der Waals surface area contributed by atoms with E-state index in [1.54, 1.807) is 12.0 Å². The van der Waals surface area contributed by atoms with Crippen molar-refractivity contribution in [2.45, 2.75) is 38.7 Å². The molecule has 0 bridgehead atoms. The first-order valence-corrected chi connectivity index (χ1v) is 5.72. The normalized spacial score (nSPS) is 17.9. The molecule has 0 atom stereocenters. The predicted molar refractivity (Wildman–Crippen MR) is 57.9 cm³/mol. The van der Waals surface area contributed by atoms with Crippen molar-refractivity contribution in [3.63, 3.8) is 0 Å². The summed E-state index contributed by atoms with van der Waals surface area (Å²) in [5.74, 6) is 0. The number of ether oxygens (including phenoxy) is 2. The summed E-state index contributed by atoms with van der Waals surface area (Å²) in [7, 11) is 1.72. The smallest absolute Gasteiger partial charge is 0.409 e. The van der Waals surface area contributed by atoms with Crippen molar-refractivity contribution in [2.75, 3.05) is 26.8 Å². The highest BCUT2D eigenvalue weighted by Crippen LogP contribution is 2.13. The monoisotopic (exact) mass is 215 g/mol. The van der Waals surface area contributed by atoms with Crippen molar-refractivity contribution < 1.29 is 14.3 Å². The third kappa shape index (κ3) is 4.08. The summed E-state index contributed by atoms with van der Waals surface area (Å²) in [6.45, 7) is 4.13. The van der Waals surface area contributed by atoms with Crippen molar-refractivity contribution in [3.8, 4) is 0 Å². The number of nitrogens with zero attached hydrogens (tertiary/aromatic N) is 1. The molecule has 1 heterocycles. The predicted octanol–water partition coefficient (Wildman–Crippen LogP) is 2.03. The van der Waals surface area contributed by atoms with Crippen LogP contribution in [0.25, 0.3) is 0 Å². The first-order valence-electron chi connectivity index (χ1n) is 5.72. The summed E-state index contributed by atoms with van der Waals surface area (Å²) in [6.07, 6.45) is 3.97. The largest absolute Gasteiger partial charge is 0.449 e. The van der Waals surface area contributed by atoms with Crippen LogP contribution in [0.1, 0.15) is 32.6 Å². The number of carbonyl (C=O) groups excluding carboxylic acids is 1. The number of likely N-dealkylation sites (tertiary alicyclic amines) is 1. The maximum Gasteiger partial charge on any atom is 0.409 e. The average Bonchev–Trinajstić information content (AvgIpc) is 2.29. The Hall–Kier alpha value is -0.770. The van der Waals surface area contributed by atoms with Crippen LogP contribution in [0.2, 0.25) is 0 Å². The van der Waals surface area contributed by atoms with Crippen molar-refractivity contribution in [1.82, 2.24) is 4.90 Å². The number of rotatable bonds is 4. The first-order chi connectivity index (χ1) is 7.27. The minimum atomic E-state index is -0.169. The Balaban J connectivity index is 2.18.